The molecule has 3 aliphatic rings. The van der Waals surface area contributed by atoms with E-state index in [1.54, 1.807) is 34.1 Å². The summed E-state index contributed by atoms with van der Waals surface area (Å²) in [4.78, 5) is 54.6. The first-order chi connectivity index (χ1) is 13.5. The maximum Gasteiger partial charge on any atom is 0.332 e. The van der Waals surface area contributed by atoms with Gasteiger partial charge in [-0.05, 0) is 44.0 Å². The van der Waals surface area contributed by atoms with E-state index in [0.717, 1.165) is 25.7 Å². The number of hydrogen-bond acceptors (Lipinski definition) is 4. The van der Waals surface area contributed by atoms with Gasteiger partial charge < -0.3 is 9.80 Å². The fourth-order valence-electron chi connectivity index (χ4n) is 4.49. The Labute approximate surface area is 164 Å². The molecule has 1 aromatic rings. The molecule has 0 unspecified atom stereocenters. The number of urea groups is 1. The van der Waals surface area contributed by atoms with E-state index in [2.05, 4.69) is 0 Å². The first-order valence-electron chi connectivity index (χ1n) is 10.0. The van der Waals surface area contributed by atoms with Gasteiger partial charge in [-0.1, -0.05) is 19.3 Å². The predicted molar refractivity (Wildman–Crippen MR) is 103 cm³/mol. The highest BCUT2D eigenvalue weighted by molar-refractivity contribution is 6.21. The second-order valence-electron chi connectivity index (χ2n) is 7.89. The van der Waals surface area contributed by atoms with Crippen LogP contribution in [0.2, 0.25) is 0 Å². The number of fused-ring (bicyclic) bond motifs is 1. The molecule has 0 N–H and O–H groups in total. The number of Topliss-reactive ketones (excluding diaryl/α,β-unsaturated/α-hetero) is 1. The Balaban J connectivity index is 1.50. The molecule has 148 valence electrons. The molecular formula is C21H25N3O4. The molecule has 0 spiro atoms. The average Bonchev–Trinajstić information content (AvgIpc) is 2.98. The number of nitrogens with zero attached hydrogens (tertiary/aromatic N) is 3. The van der Waals surface area contributed by atoms with Crippen molar-refractivity contribution >= 4 is 29.3 Å². The SMILES string of the molecule is CC(=O)c1ccc(N2C(=O)[C@@H]3CN(C(=O)C4CCCCC4)CCN3C2=O)cc1. The molecule has 1 aliphatic carbocycles. The van der Waals surface area contributed by atoms with E-state index in [9.17, 15) is 19.2 Å². The second kappa shape index (κ2) is 7.37. The number of hydrogen-bond donors (Lipinski definition) is 0. The Hall–Kier alpha value is -2.70. The highest BCUT2D eigenvalue weighted by Gasteiger charge is 2.49. The first kappa shape index (κ1) is 18.7. The third-order valence-corrected chi connectivity index (χ3v) is 6.12. The van der Waals surface area contributed by atoms with Crippen molar-refractivity contribution in [3.05, 3.63) is 29.8 Å². The topological polar surface area (TPSA) is 78.0 Å². The van der Waals surface area contributed by atoms with Gasteiger partial charge in [-0.25, -0.2) is 9.69 Å². The van der Waals surface area contributed by atoms with Crippen LogP contribution in [0.25, 0.3) is 0 Å². The molecule has 1 aromatic carbocycles. The van der Waals surface area contributed by atoms with E-state index < -0.39 is 6.04 Å². The molecule has 2 saturated heterocycles. The van der Waals surface area contributed by atoms with Crippen LogP contribution in [0.3, 0.4) is 0 Å². The molecule has 1 atom stereocenters. The quantitative estimate of drug-likeness (QED) is 0.593. The number of imide groups is 1. The molecule has 3 fully saturated rings. The number of benzene rings is 1. The van der Waals surface area contributed by atoms with Gasteiger partial charge in [-0.15, -0.1) is 0 Å². The van der Waals surface area contributed by atoms with Gasteiger partial charge in [0, 0.05) is 24.6 Å². The third-order valence-electron chi connectivity index (χ3n) is 6.12. The lowest BCUT2D eigenvalue weighted by Gasteiger charge is -2.37. The molecule has 2 aliphatic heterocycles. The molecule has 7 heteroatoms. The highest BCUT2D eigenvalue weighted by Crippen LogP contribution is 2.30. The van der Waals surface area contributed by atoms with E-state index in [-0.39, 0.29) is 36.1 Å². The van der Waals surface area contributed by atoms with Crippen LogP contribution in [-0.2, 0) is 9.59 Å². The average molecular weight is 383 g/mol. The molecule has 0 radical (unpaired) electrons. The van der Waals surface area contributed by atoms with Crippen LogP contribution < -0.4 is 4.90 Å². The van der Waals surface area contributed by atoms with Crippen LogP contribution >= 0.6 is 0 Å². The van der Waals surface area contributed by atoms with E-state index in [1.807, 2.05) is 0 Å². The minimum absolute atomic E-state index is 0.0581. The molecule has 4 rings (SSSR count). The van der Waals surface area contributed by atoms with E-state index >= 15 is 0 Å². The predicted octanol–water partition coefficient (Wildman–Crippen LogP) is 2.45. The lowest BCUT2D eigenvalue weighted by Crippen LogP contribution is -2.55. The fraction of sp³-hybridized carbons (Fsp3) is 0.524. The molecule has 4 amide bonds. The normalized spacial score (nSPS) is 23.2. The zero-order valence-corrected chi connectivity index (χ0v) is 16.1. The lowest BCUT2D eigenvalue weighted by molar-refractivity contribution is -0.139. The minimum atomic E-state index is -0.624. The van der Waals surface area contributed by atoms with Gasteiger partial charge in [0.25, 0.3) is 5.91 Å². The van der Waals surface area contributed by atoms with Crippen LogP contribution in [0.4, 0.5) is 10.5 Å². The van der Waals surface area contributed by atoms with Gasteiger partial charge in [0.15, 0.2) is 5.78 Å². The van der Waals surface area contributed by atoms with Crippen molar-refractivity contribution in [2.75, 3.05) is 24.5 Å². The summed E-state index contributed by atoms with van der Waals surface area (Å²) in [5, 5.41) is 0. The summed E-state index contributed by atoms with van der Waals surface area (Å²) in [6.07, 6.45) is 5.20. The highest BCUT2D eigenvalue weighted by atomic mass is 16.2. The molecule has 2 heterocycles. The number of ketones is 1. The number of carbonyl (C=O) groups is 4. The third kappa shape index (κ3) is 3.19. The number of carbonyl (C=O) groups excluding carboxylic acids is 4. The molecule has 28 heavy (non-hydrogen) atoms. The Kier molecular flexibility index (Phi) is 4.91. The van der Waals surface area contributed by atoms with Crippen LogP contribution in [0.1, 0.15) is 49.4 Å². The number of piperazine rings is 1. The summed E-state index contributed by atoms with van der Waals surface area (Å²) < 4.78 is 0. The van der Waals surface area contributed by atoms with Gasteiger partial charge in [-0.2, -0.15) is 0 Å². The maximum absolute atomic E-state index is 13.0. The van der Waals surface area contributed by atoms with Gasteiger partial charge in [0.05, 0.1) is 12.2 Å². The summed E-state index contributed by atoms with van der Waals surface area (Å²) in [5.41, 5.74) is 0.990. The van der Waals surface area contributed by atoms with Crippen molar-refractivity contribution < 1.29 is 19.2 Å². The van der Waals surface area contributed by atoms with E-state index in [4.69, 9.17) is 0 Å². The zero-order valence-electron chi connectivity index (χ0n) is 16.1. The summed E-state index contributed by atoms with van der Waals surface area (Å²) in [7, 11) is 0. The maximum atomic E-state index is 13.0. The Morgan fingerprint density at radius 2 is 1.64 bits per heavy atom. The van der Waals surface area contributed by atoms with Crippen molar-refractivity contribution in [2.24, 2.45) is 5.92 Å². The van der Waals surface area contributed by atoms with Crippen molar-refractivity contribution in [3.8, 4) is 0 Å². The Morgan fingerprint density at radius 1 is 0.964 bits per heavy atom. The number of anilines is 1. The molecular weight excluding hydrogens is 358 g/mol. The van der Waals surface area contributed by atoms with Crippen molar-refractivity contribution in [1.82, 2.24) is 9.80 Å². The smallest absolute Gasteiger partial charge is 0.332 e. The largest absolute Gasteiger partial charge is 0.338 e. The van der Waals surface area contributed by atoms with Crippen LogP contribution in [0.15, 0.2) is 24.3 Å². The van der Waals surface area contributed by atoms with Gasteiger partial charge in [0.1, 0.15) is 6.04 Å². The van der Waals surface area contributed by atoms with Crippen molar-refractivity contribution in [1.29, 1.82) is 0 Å². The Bertz CT molecular complexity index is 813. The van der Waals surface area contributed by atoms with Gasteiger partial charge in [0.2, 0.25) is 5.91 Å². The number of amides is 4. The molecule has 7 nitrogen and oxygen atoms in total. The standard InChI is InChI=1S/C21H25N3O4/c1-14(25)15-7-9-17(10-8-15)24-20(27)18-13-22(11-12-23(18)21(24)28)19(26)16-5-3-2-4-6-16/h7-10,16,18H,2-6,11-13H2,1H3/t18-/m0/s1. The van der Waals surface area contributed by atoms with Crippen LogP contribution in [0, 0.1) is 5.92 Å². The van der Waals surface area contributed by atoms with Gasteiger partial charge >= 0.3 is 6.03 Å². The monoisotopic (exact) mass is 383 g/mol. The zero-order chi connectivity index (χ0) is 19.8. The fourth-order valence-corrected chi connectivity index (χ4v) is 4.49. The van der Waals surface area contributed by atoms with Crippen LogP contribution in [-0.4, -0.2) is 59.1 Å². The number of rotatable bonds is 3. The second-order valence-corrected chi connectivity index (χ2v) is 7.89. The molecule has 0 bridgehead atoms. The lowest BCUT2D eigenvalue weighted by atomic mass is 9.88. The van der Waals surface area contributed by atoms with Crippen molar-refractivity contribution in [2.45, 2.75) is 45.1 Å². The van der Waals surface area contributed by atoms with E-state index in [0.29, 0.717) is 24.3 Å². The summed E-state index contributed by atoms with van der Waals surface area (Å²) >= 11 is 0. The Morgan fingerprint density at radius 3 is 2.29 bits per heavy atom. The summed E-state index contributed by atoms with van der Waals surface area (Å²) in [6, 6.07) is 5.51. The molecule has 1 saturated carbocycles. The minimum Gasteiger partial charge on any atom is -0.338 e. The van der Waals surface area contributed by atoms with Crippen molar-refractivity contribution in [3.63, 3.8) is 0 Å². The summed E-state index contributed by atoms with van der Waals surface area (Å²) in [6.45, 7) is 2.58. The van der Waals surface area contributed by atoms with Crippen LogP contribution in [0.5, 0.6) is 0 Å². The van der Waals surface area contributed by atoms with Gasteiger partial charge in [-0.3, -0.25) is 14.4 Å². The summed E-state index contributed by atoms with van der Waals surface area (Å²) in [5.74, 6) is -0.187. The molecule has 0 aromatic heterocycles. The first-order valence-corrected chi connectivity index (χ1v) is 10.0. The van der Waals surface area contributed by atoms with E-state index in [1.165, 1.54) is 18.2 Å².